The standard InChI is InChI=1S/C20H23ClN4O/c1-14-13-24(19-9-8-18(21)22-23-19)10-11-25(14)20(26)12-15-2-4-16(5-3-15)17-6-7-17/h2-5,8-9,14,17H,6-7,10-13H2,1H3/t14-/m1/s1. The Labute approximate surface area is 159 Å². The smallest absolute Gasteiger partial charge is 0.227 e. The van der Waals surface area contributed by atoms with E-state index >= 15 is 0 Å². The van der Waals surface area contributed by atoms with Crippen LogP contribution in [0.4, 0.5) is 5.82 Å². The lowest BCUT2D eigenvalue weighted by atomic mass is 10.0. The van der Waals surface area contributed by atoms with Crippen LogP contribution in [0.3, 0.4) is 0 Å². The van der Waals surface area contributed by atoms with Crippen molar-refractivity contribution in [3.05, 3.63) is 52.7 Å². The van der Waals surface area contributed by atoms with Gasteiger partial charge in [-0.15, -0.1) is 10.2 Å². The molecular weight excluding hydrogens is 348 g/mol. The summed E-state index contributed by atoms with van der Waals surface area (Å²) in [6, 6.07) is 12.3. The van der Waals surface area contributed by atoms with Gasteiger partial charge < -0.3 is 9.80 Å². The lowest BCUT2D eigenvalue weighted by Crippen LogP contribution is -2.54. The van der Waals surface area contributed by atoms with Gasteiger partial charge in [0, 0.05) is 25.7 Å². The Hall–Kier alpha value is -2.14. The van der Waals surface area contributed by atoms with Crippen LogP contribution in [0.1, 0.15) is 36.8 Å². The van der Waals surface area contributed by atoms with E-state index in [1.54, 1.807) is 6.07 Å². The van der Waals surface area contributed by atoms with Crippen LogP contribution in [-0.4, -0.2) is 46.7 Å². The predicted molar refractivity (Wildman–Crippen MR) is 103 cm³/mol. The molecule has 2 aromatic rings. The van der Waals surface area contributed by atoms with Gasteiger partial charge in [0.05, 0.1) is 6.42 Å². The van der Waals surface area contributed by atoms with Crippen LogP contribution in [0.5, 0.6) is 0 Å². The monoisotopic (exact) mass is 370 g/mol. The minimum Gasteiger partial charge on any atom is -0.351 e. The highest BCUT2D eigenvalue weighted by Crippen LogP contribution is 2.39. The Morgan fingerprint density at radius 2 is 1.88 bits per heavy atom. The number of piperazine rings is 1. The van der Waals surface area contributed by atoms with Crippen LogP contribution in [0.15, 0.2) is 36.4 Å². The SMILES string of the molecule is C[C@@H]1CN(c2ccc(Cl)nn2)CCN1C(=O)Cc1ccc(C2CC2)cc1. The van der Waals surface area contributed by atoms with Crippen molar-refractivity contribution in [2.24, 2.45) is 0 Å². The highest BCUT2D eigenvalue weighted by atomic mass is 35.5. The number of nitrogens with zero attached hydrogens (tertiary/aromatic N) is 4. The first-order chi connectivity index (χ1) is 12.6. The fourth-order valence-corrected chi connectivity index (χ4v) is 3.72. The summed E-state index contributed by atoms with van der Waals surface area (Å²) in [6.45, 7) is 4.30. The summed E-state index contributed by atoms with van der Waals surface area (Å²) >= 11 is 5.81. The molecule has 4 rings (SSSR count). The fraction of sp³-hybridized carbons (Fsp3) is 0.450. The molecule has 5 nitrogen and oxygen atoms in total. The van der Waals surface area contributed by atoms with Crippen LogP contribution >= 0.6 is 11.6 Å². The topological polar surface area (TPSA) is 49.3 Å². The maximum Gasteiger partial charge on any atom is 0.227 e. The quantitative estimate of drug-likeness (QED) is 0.828. The first kappa shape index (κ1) is 17.3. The Balaban J connectivity index is 1.35. The molecule has 2 heterocycles. The second kappa shape index (κ2) is 7.23. The van der Waals surface area contributed by atoms with Gasteiger partial charge in [0.25, 0.3) is 0 Å². The van der Waals surface area contributed by atoms with Crippen LogP contribution < -0.4 is 4.90 Å². The number of aromatic nitrogens is 2. The number of carbonyl (C=O) groups excluding carboxylic acids is 1. The lowest BCUT2D eigenvalue weighted by Gasteiger charge is -2.40. The third kappa shape index (κ3) is 3.83. The van der Waals surface area contributed by atoms with Crippen LogP contribution in [0, 0.1) is 0 Å². The van der Waals surface area contributed by atoms with Crippen molar-refractivity contribution in [2.75, 3.05) is 24.5 Å². The molecule has 0 unspecified atom stereocenters. The maximum atomic E-state index is 12.8. The fourth-order valence-electron chi connectivity index (χ4n) is 3.61. The summed E-state index contributed by atoms with van der Waals surface area (Å²) in [4.78, 5) is 16.9. The number of halogens is 1. The van der Waals surface area contributed by atoms with E-state index in [0.29, 0.717) is 18.1 Å². The highest BCUT2D eigenvalue weighted by molar-refractivity contribution is 6.29. The minimum absolute atomic E-state index is 0.138. The normalized spacial score (nSPS) is 20.3. The second-order valence-corrected chi connectivity index (χ2v) is 7.68. The molecule has 1 saturated carbocycles. The van der Waals surface area contributed by atoms with Crippen molar-refractivity contribution in [3.8, 4) is 0 Å². The zero-order chi connectivity index (χ0) is 18.1. The van der Waals surface area contributed by atoms with Crippen LogP contribution in [0.2, 0.25) is 5.15 Å². The van der Waals surface area contributed by atoms with Gasteiger partial charge in [-0.2, -0.15) is 0 Å². The molecule has 2 aliphatic rings. The summed E-state index contributed by atoms with van der Waals surface area (Å²) in [5.41, 5.74) is 2.50. The predicted octanol–water partition coefficient (Wildman–Crippen LogP) is 3.29. The van der Waals surface area contributed by atoms with E-state index in [1.165, 1.54) is 18.4 Å². The molecule has 1 aliphatic heterocycles. The van der Waals surface area contributed by atoms with Crippen molar-refractivity contribution in [1.82, 2.24) is 15.1 Å². The van der Waals surface area contributed by atoms with Crippen molar-refractivity contribution in [3.63, 3.8) is 0 Å². The van der Waals surface area contributed by atoms with Gasteiger partial charge >= 0.3 is 0 Å². The molecule has 1 aromatic carbocycles. The zero-order valence-corrected chi connectivity index (χ0v) is 15.7. The number of amides is 1. The molecule has 26 heavy (non-hydrogen) atoms. The molecule has 1 aromatic heterocycles. The number of rotatable bonds is 4. The van der Waals surface area contributed by atoms with E-state index in [4.69, 9.17) is 11.6 Å². The van der Waals surface area contributed by atoms with Gasteiger partial charge in [0.15, 0.2) is 11.0 Å². The van der Waals surface area contributed by atoms with Crippen molar-refractivity contribution >= 4 is 23.3 Å². The largest absolute Gasteiger partial charge is 0.351 e. The van der Waals surface area contributed by atoms with Gasteiger partial charge in [0.2, 0.25) is 5.91 Å². The molecule has 1 aliphatic carbocycles. The Morgan fingerprint density at radius 3 is 2.50 bits per heavy atom. The molecule has 0 bridgehead atoms. The van der Waals surface area contributed by atoms with Gasteiger partial charge in [0.1, 0.15) is 0 Å². The van der Waals surface area contributed by atoms with Gasteiger partial charge in [-0.05, 0) is 48.9 Å². The van der Waals surface area contributed by atoms with Crippen molar-refractivity contribution in [2.45, 2.75) is 38.1 Å². The number of hydrogen-bond donors (Lipinski definition) is 0. The third-order valence-corrected chi connectivity index (χ3v) is 5.48. The molecule has 1 amide bonds. The molecule has 0 N–H and O–H groups in total. The molecule has 0 radical (unpaired) electrons. The second-order valence-electron chi connectivity index (χ2n) is 7.29. The maximum absolute atomic E-state index is 12.8. The number of hydrogen-bond acceptors (Lipinski definition) is 4. The number of anilines is 1. The summed E-state index contributed by atoms with van der Waals surface area (Å²) in [7, 11) is 0. The summed E-state index contributed by atoms with van der Waals surface area (Å²) in [5.74, 6) is 1.76. The molecular formula is C20H23ClN4O. The zero-order valence-electron chi connectivity index (χ0n) is 14.9. The Morgan fingerprint density at radius 1 is 1.12 bits per heavy atom. The summed E-state index contributed by atoms with van der Waals surface area (Å²) < 4.78 is 0. The minimum atomic E-state index is 0.138. The average molecular weight is 371 g/mol. The van der Waals surface area contributed by atoms with Gasteiger partial charge in [-0.1, -0.05) is 35.9 Å². The first-order valence-electron chi connectivity index (χ1n) is 9.22. The average Bonchev–Trinajstić information content (AvgIpc) is 3.48. The van der Waals surface area contributed by atoms with E-state index < -0.39 is 0 Å². The van der Waals surface area contributed by atoms with Gasteiger partial charge in [-0.3, -0.25) is 4.79 Å². The summed E-state index contributed by atoms with van der Waals surface area (Å²) in [5, 5.41) is 8.44. The van der Waals surface area contributed by atoms with Gasteiger partial charge in [-0.25, -0.2) is 0 Å². The molecule has 1 saturated heterocycles. The Bertz CT molecular complexity index is 773. The highest BCUT2D eigenvalue weighted by Gasteiger charge is 2.28. The van der Waals surface area contributed by atoms with E-state index in [9.17, 15) is 4.79 Å². The summed E-state index contributed by atoms with van der Waals surface area (Å²) in [6.07, 6.45) is 3.08. The van der Waals surface area contributed by atoms with E-state index in [0.717, 1.165) is 30.4 Å². The van der Waals surface area contributed by atoms with E-state index in [2.05, 4.69) is 46.3 Å². The van der Waals surface area contributed by atoms with Crippen molar-refractivity contribution in [1.29, 1.82) is 0 Å². The third-order valence-electron chi connectivity index (χ3n) is 5.27. The molecule has 0 spiro atoms. The van der Waals surface area contributed by atoms with E-state index in [-0.39, 0.29) is 11.9 Å². The molecule has 1 atom stereocenters. The van der Waals surface area contributed by atoms with Crippen LogP contribution in [0.25, 0.3) is 0 Å². The van der Waals surface area contributed by atoms with E-state index in [1.807, 2.05) is 11.0 Å². The number of carbonyl (C=O) groups is 1. The number of benzene rings is 1. The van der Waals surface area contributed by atoms with Crippen molar-refractivity contribution < 1.29 is 4.79 Å². The van der Waals surface area contributed by atoms with Crippen LogP contribution in [-0.2, 0) is 11.2 Å². The Kier molecular flexibility index (Phi) is 4.81. The lowest BCUT2D eigenvalue weighted by molar-refractivity contribution is -0.132. The molecule has 6 heteroatoms. The molecule has 2 fully saturated rings. The molecule has 136 valence electrons. The first-order valence-corrected chi connectivity index (χ1v) is 9.60.